The van der Waals surface area contributed by atoms with Gasteiger partial charge >= 0.3 is 0 Å². The first kappa shape index (κ1) is 11.0. The van der Waals surface area contributed by atoms with E-state index in [4.69, 9.17) is 22.7 Å². The molecule has 0 bridgehead atoms. The molecule has 0 saturated carbocycles. The number of H-pyrrole nitrogens is 1. The molecule has 82 valence electrons. The fourth-order valence-corrected chi connectivity index (χ4v) is 2.41. The van der Waals surface area contributed by atoms with Gasteiger partial charge in [-0.1, -0.05) is 17.7 Å². The summed E-state index contributed by atoms with van der Waals surface area (Å²) in [6.07, 6.45) is 1.42. The van der Waals surface area contributed by atoms with Gasteiger partial charge in [-0.25, -0.2) is 4.98 Å². The van der Waals surface area contributed by atoms with E-state index >= 15 is 0 Å². The molecule has 7 heteroatoms. The largest absolute Gasteiger partial charge is 0.384 e. The number of nitrogens with zero attached hydrogens (tertiary/aromatic N) is 2. The maximum atomic E-state index is 7.48. The van der Waals surface area contributed by atoms with Crippen LogP contribution in [0.1, 0.15) is 5.56 Å². The molecule has 1 aromatic carbocycles. The van der Waals surface area contributed by atoms with E-state index in [0.717, 1.165) is 4.90 Å². The number of hydrogen-bond donors (Lipinski definition) is 3. The summed E-state index contributed by atoms with van der Waals surface area (Å²) in [4.78, 5) is 4.76. The summed E-state index contributed by atoms with van der Waals surface area (Å²) < 4.78 is 0. The smallest absolute Gasteiger partial charge is 0.188 e. The summed E-state index contributed by atoms with van der Waals surface area (Å²) in [6.45, 7) is 0. The quantitative estimate of drug-likeness (QED) is 0.575. The summed E-state index contributed by atoms with van der Waals surface area (Å²) in [7, 11) is 0. The molecule has 1 heterocycles. The van der Waals surface area contributed by atoms with Crippen LogP contribution in [-0.2, 0) is 0 Å². The third-order valence-electron chi connectivity index (χ3n) is 1.84. The van der Waals surface area contributed by atoms with Gasteiger partial charge in [0.2, 0.25) is 0 Å². The van der Waals surface area contributed by atoms with Crippen molar-refractivity contribution in [2.24, 2.45) is 5.73 Å². The van der Waals surface area contributed by atoms with E-state index in [1.807, 2.05) is 6.07 Å². The number of nitrogen functional groups attached to an aromatic ring is 1. The number of nitrogens with two attached hydrogens (primary N) is 1. The lowest BCUT2D eigenvalue weighted by Gasteiger charge is -2.07. The molecule has 5 nitrogen and oxygen atoms in total. The Hall–Kier alpha value is -1.53. The molecule has 2 aromatic rings. The van der Waals surface area contributed by atoms with Crippen LogP contribution >= 0.6 is 23.4 Å². The Kier molecular flexibility index (Phi) is 3.12. The third kappa shape index (κ3) is 2.17. The van der Waals surface area contributed by atoms with Crippen LogP contribution in [-0.4, -0.2) is 21.0 Å². The van der Waals surface area contributed by atoms with Gasteiger partial charge in [0.05, 0.1) is 5.02 Å². The zero-order valence-electron chi connectivity index (χ0n) is 8.07. The van der Waals surface area contributed by atoms with Crippen LogP contribution in [0, 0.1) is 5.41 Å². The van der Waals surface area contributed by atoms with Gasteiger partial charge in [0, 0.05) is 10.5 Å². The zero-order valence-corrected chi connectivity index (χ0v) is 9.64. The first-order valence-corrected chi connectivity index (χ1v) is 5.54. The molecular formula is C9H8ClN5S. The predicted octanol–water partition coefficient (Wildman–Crippen LogP) is 1.89. The SMILES string of the molecule is N=C(N)c1c(Cl)cccc1Sc1ncn[nH]1. The Morgan fingerprint density at radius 3 is 2.94 bits per heavy atom. The van der Waals surface area contributed by atoms with Crippen molar-refractivity contribution in [2.45, 2.75) is 10.1 Å². The average Bonchev–Trinajstić information content (AvgIpc) is 2.70. The second kappa shape index (κ2) is 4.54. The van der Waals surface area contributed by atoms with Crippen LogP contribution in [0.3, 0.4) is 0 Å². The highest BCUT2D eigenvalue weighted by atomic mass is 35.5. The minimum Gasteiger partial charge on any atom is -0.384 e. The number of hydrogen-bond acceptors (Lipinski definition) is 4. The van der Waals surface area contributed by atoms with Crippen molar-refractivity contribution in [1.82, 2.24) is 15.2 Å². The summed E-state index contributed by atoms with van der Waals surface area (Å²) in [5.41, 5.74) is 6.00. The molecule has 1 aromatic heterocycles. The fraction of sp³-hybridized carbons (Fsp3) is 0. The van der Waals surface area contributed by atoms with Gasteiger partial charge in [0.25, 0.3) is 0 Å². The van der Waals surface area contributed by atoms with Crippen LogP contribution in [0.2, 0.25) is 5.02 Å². The molecular weight excluding hydrogens is 246 g/mol. The van der Waals surface area contributed by atoms with E-state index < -0.39 is 0 Å². The minimum atomic E-state index is -0.0624. The first-order valence-electron chi connectivity index (χ1n) is 4.34. The molecule has 0 amide bonds. The van der Waals surface area contributed by atoms with Crippen LogP contribution in [0.4, 0.5) is 0 Å². The van der Waals surface area contributed by atoms with Crippen LogP contribution in [0.5, 0.6) is 0 Å². The van der Waals surface area contributed by atoms with Gasteiger partial charge in [0.1, 0.15) is 12.2 Å². The summed E-state index contributed by atoms with van der Waals surface area (Å²) >= 11 is 7.31. The minimum absolute atomic E-state index is 0.0624. The molecule has 2 rings (SSSR count). The standard InChI is InChI=1S/C9H8ClN5S/c10-5-2-1-3-6(7(5)8(11)12)16-9-13-4-14-15-9/h1-4H,(H3,11,12)(H,13,14,15). The van der Waals surface area contributed by atoms with Gasteiger partial charge in [-0.05, 0) is 23.9 Å². The van der Waals surface area contributed by atoms with Crippen molar-refractivity contribution in [2.75, 3.05) is 0 Å². The Labute approximate surface area is 101 Å². The molecule has 0 fully saturated rings. The summed E-state index contributed by atoms with van der Waals surface area (Å²) in [5.74, 6) is -0.0624. The molecule has 0 aliphatic heterocycles. The second-order valence-electron chi connectivity index (χ2n) is 2.92. The number of aromatic nitrogens is 3. The lowest BCUT2D eigenvalue weighted by atomic mass is 10.2. The Balaban J connectivity index is 2.40. The zero-order chi connectivity index (χ0) is 11.5. The summed E-state index contributed by atoms with van der Waals surface area (Å²) in [5, 5.41) is 15.0. The molecule has 0 radical (unpaired) electrons. The average molecular weight is 254 g/mol. The van der Waals surface area contributed by atoms with E-state index in [1.54, 1.807) is 12.1 Å². The molecule has 0 atom stereocenters. The van der Waals surface area contributed by atoms with Crippen LogP contribution < -0.4 is 5.73 Å². The molecule has 0 unspecified atom stereocenters. The van der Waals surface area contributed by atoms with E-state index in [1.165, 1.54) is 18.1 Å². The van der Waals surface area contributed by atoms with E-state index in [-0.39, 0.29) is 5.84 Å². The topological polar surface area (TPSA) is 91.4 Å². The monoisotopic (exact) mass is 253 g/mol. The normalized spacial score (nSPS) is 10.3. The van der Waals surface area contributed by atoms with Crippen molar-refractivity contribution in [3.05, 3.63) is 35.1 Å². The number of halogens is 1. The molecule has 16 heavy (non-hydrogen) atoms. The number of rotatable bonds is 3. The highest BCUT2D eigenvalue weighted by molar-refractivity contribution is 7.99. The number of nitrogens with one attached hydrogen (secondary N) is 2. The number of aromatic amines is 1. The van der Waals surface area contributed by atoms with Crippen molar-refractivity contribution in [3.8, 4) is 0 Å². The highest BCUT2D eigenvalue weighted by Gasteiger charge is 2.11. The van der Waals surface area contributed by atoms with Gasteiger partial charge < -0.3 is 5.73 Å². The van der Waals surface area contributed by atoms with Gasteiger partial charge in [-0.15, -0.1) is 0 Å². The lowest BCUT2D eigenvalue weighted by Crippen LogP contribution is -2.13. The van der Waals surface area contributed by atoms with Crippen molar-refractivity contribution in [3.63, 3.8) is 0 Å². The van der Waals surface area contributed by atoms with Crippen molar-refractivity contribution >= 4 is 29.2 Å². The van der Waals surface area contributed by atoms with Crippen molar-refractivity contribution in [1.29, 1.82) is 5.41 Å². The van der Waals surface area contributed by atoms with Crippen LogP contribution in [0.25, 0.3) is 0 Å². The first-order chi connectivity index (χ1) is 7.68. The molecule has 0 aliphatic carbocycles. The van der Waals surface area contributed by atoms with Crippen LogP contribution in [0.15, 0.2) is 34.6 Å². The Morgan fingerprint density at radius 1 is 1.50 bits per heavy atom. The second-order valence-corrected chi connectivity index (χ2v) is 4.36. The molecule has 4 N–H and O–H groups in total. The van der Waals surface area contributed by atoms with E-state index in [9.17, 15) is 0 Å². The number of amidine groups is 1. The molecule has 0 spiro atoms. The Morgan fingerprint density at radius 2 is 2.31 bits per heavy atom. The van der Waals surface area contributed by atoms with Gasteiger partial charge in [-0.2, -0.15) is 5.10 Å². The Bertz CT molecular complexity index is 511. The predicted molar refractivity (Wildman–Crippen MR) is 63.0 cm³/mol. The van der Waals surface area contributed by atoms with E-state index in [0.29, 0.717) is 15.7 Å². The van der Waals surface area contributed by atoms with Gasteiger partial charge in [-0.3, -0.25) is 10.5 Å². The van der Waals surface area contributed by atoms with E-state index in [2.05, 4.69) is 15.2 Å². The van der Waals surface area contributed by atoms with Crippen molar-refractivity contribution < 1.29 is 0 Å². The van der Waals surface area contributed by atoms with Gasteiger partial charge in [0.15, 0.2) is 5.16 Å². The molecule has 0 aliphatic rings. The maximum absolute atomic E-state index is 7.48. The fourth-order valence-electron chi connectivity index (χ4n) is 1.20. The lowest BCUT2D eigenvalue weighted by molar-refractivity contribution is 0.973. The molecule has 0 saturated heterocycles. The number of benzene rings is 1. The third-order valence-corrected chi connectivity index (χ3v) is 3.11. The highest BCUT2D eigenvalue weighted by Crippen LogP contribution is 2.31. The maximum Gasteiger partial charge on any atom is 0.188 e. The summed E-state index contributed by atoms with van der Waals surface area (Å²) in [6, 6.07) is 5.33.